The van der Waals surface area contributed by atoms with Crippen LogP contribution in [0.2, 0.25) is 0 Å². The van der Waals surface area contributed by atoms with Crippen molar-refractivity contribution in [3.63, 3.8) is 0 Å². The van der Waals surface area contributed by atoms with Crippen molar-refractivity contribution in [2.45, 2.75) is 24.7 Å². The van der Waals surface area contributed by atoms with E-state index in [0.29, 0.717) is 29.9 Å². The largest absolute Gasteiger partial charge is 0.454 e. The topological polar surface area (TPSA) is 125 Å². The Bertz CT molecular complexity index is 871. The first kappa shape index (κ1) is 20.2. The molecule has 0 atom stereocenters. The van der Waals surface area contributed by atoms with Crippen molar-refractivity contribution in [2.24, 2.45) is 10.3 Å². The molecule has 0 aliphatic carbocycles. The van der Waals surface area contributed by atoms with Gasteiger partial charge in [-0.05, 0) is 42.6 Å². The molecule has 0 bridgehead atoms. The highest BCUT2D eigenvalue weighted by atomic mass is 32.2. The molecule has 9 heteroatoms. The van der Waals surface area contributed by atoms with Gasteiger partial charge >= 0.3 is 0 Å². The molecule has 7 nitrogen and oxygen atoms in total. The Hall–Kier alpha value is -2.07. The number of carbonyl (C=O) groups excluding carboxylic acids is 1. The summed E-state index contributed by atoms with van der Waals surface area (Å²) in [6, 6.07) is 11.4. The summed E-state index contributed by atoms with van der Waals surface area (Å²) in [7, 11) is -4.14. The first-order valence-electron chi connectivity index (χ1n) is 7.95. The van der Waals surface area contributed by atoms with E-state index in [0.717, 1.165) is 12.8 Å². The third-order valence-electron chi connectivity index (χ3n) is 3.51. The van der Waals surface area contributed by atoms with Gasteiger partial charge in [-0.3, -0.25) is 9.93 Å². The van der Waals surface area contributed by atoms with Crippen LogP contribution in [0.15, 0.2) is 47.4 Å². The van der Waals surface area contributed by atoms with Crippen molar-refractivity contribution in [3.8, 4) is 11.5 Å². The van der Waals surface area contributed by atoms with Crippen LogP contribution < -0.4 is 20.3 Å². The maximum Gasteiger partial charge on any atom is 0.241 e. The summed E-state index contributed by atoms with van der Waals surface area (Å²) >= 11 is 0.501. The van der Waals surface area contributed by atoms with E-state index in [4.69, 9.17) is 15.0 Å². The van der Waals surface area contributed by atoms with Crippen molar-refractivity contribution in [1.29, 1.82) is 0 Å². The number of hydrogen-bond acceptors (Lipinski definition) is 7. The van der Waals surface area contributed by atoms with Crippen molar-refractivity contribution in [1.82, 2.24) is 0 Å². The SMILES string of the molecule is CCCCNc1cc(C(=O)SN)cc(S(N)(=O)=O)c1Oc1ccccc1. The molecule has 0 spiro atoms. The molecule has 0 aliphatic heterocycles. The van der Waals surface area contributed by atoms with Gasteiger partial charge in [-0.1, -0.05) is 31.5 Å². The van der Waals surface area contributed by atoms with Crippen LogP contribution >= 0.6 is 11.9 Å². The van der Waals surface area contributed by atoms with E-state index in [9.17, 15) is 13.2 Å². The fourth-order valence-electron chi connectivity index (χ4n) is 2.24. The fraction of sp³-hybridized carbons (Fsp3) is 0.235. The van der Waals surface area contributed by atoms with Crippen LogP contribution in [0.4, 0.5) is 5.69 Å². The lowest BCUT2D eigenvalue weighted by atomic mass is 10.2. The van der Waals surface area contributed by atoms with Gasteiger partial charge in [0.2, 0.25) is 15.1 Å². The highest BCUT2D eigenvalue weighted by molar-refractivity contribution is 8.12. The molecular weight excluding hydrogens is 374 g/mol. The number of primary sulfonamides is 1. The summed E-state index contributed by atoms with van der Waals surface area (Å²) in [5, 5.41) is 13.3. The van der Waals surface area contributed by atoms with Crippen LogP contribution in [0, 0.1) is 0 Å². The molecule has 0 aliphatic rings. The Morgan fingerprint density at radius 1 is 1.23 bits per heavy atom. The van der Waals surface area contributed by atoms with Gasteiger partial charge in [0.25, 0.3) is 0 Å². The van der Waals surface area contributed by atoms with Gasteiger partial charge in [0, 0.05) is 12.1 Å². The predicted molar refractivity (Wildman–Crippen MR) is 104 cm³/mol. The predicted octanol–water partition coefficient (Wildman–Crippen LogP) is 3.09. The van der Waals surface area contributed by atoms with E-state index in [1.165, 1.54) is 12.1 Å². The number of ether oxygens (including phenoxy) is 1. The van der Waals surface area contributed by atoms with Crippen molar-refractivity contribution in [2.75, 3.05) is 11.9 Å². The minimum atomic E-state index is -4.14. The van der Waals surface area contributed by atoms with Crippen LogP contribution in [0.3, 0.4) is 0 Å². The quantitative estimate of drug-likeness (QED) is 0.463. The average Bonchev–Trinajstić information content (AvgIpc) is 2.62. The second-order valence-electron chi connectivity index (χ2n) is 5.50. The molecule has 2 aromatic rings. The van der Waals surface area contributed by atoms with Crippen molar-refractivity contribution in [3.05, 3.63) is 48.0 Å². The Morgan fingerprint density at radius 2 is 1.92 bits per heavy atom. The van der Waals surface area contributed by atoms with Gasteiger partial charge in [-0.15, -0.1) is 0 Å². The number of rotatable bonds is 8. The van der Waals surface area contributed by atoms with Crippen LogP contribution in [0.1, 0.15) is 30.1 Å². The van der Waals surface area contributed by atoms with E-state index in [1.54, 1.807) is 24.3 Å². The molecule has 0 saturated carbocycles. The monoisotopic (exact) mass is 395 g/mol. The molecule has 0 amide bonds. The number of nitrogens with two attached hydrogens (primary N) is 2. The second kappa shape index (κ2) is 9.04. The van der Waals surface area contributed by atoms with E-state index >= 15 is 0 Å². The van der Waals surface area contributed by atoms with Crippen LogP contribution in [-0.2, 0) is 10.0 Å². The molecule has 0 heterocycles. The number of sulfonamides is 1. The average molecular weight is 396 g/mol. The van der Waals surface area contributed by atoms with Crippen molar-refractivity contribution >= 4 is 32.8 Å². The molecule has 2 aromatic carbocycles. The number of benzene rings is 2. The smallest absolute Gasteiger partial charge is 0.241 e. The second-order valence-corrected chi connectivity index (χ2v) is 7.63. The lowest BCUT2D eigenvalue weighted by Crippen LogP contribution is -2.16. The van der Waals surface area contributed by atoms with E-state index in [1.807, 2.05) is 13.0 Å². The molecular formula is C17H21N3O4S2. The summed E-state index contributed by atoms with van der Waals surface area (Å²) in [6.07, 6.45) is 1.81. The molecule has 140 valence electrons. The van der Waals surface area contributed by atoms with E-state index < -0.39 is 15.1 Å². The van der Waals surface area contributed by atoms with Crippen LogP contribution in [-0.4, -0.2) is 20.1 Å². The third-order valence-corrected chi connectivity index (χ3v) is 4.88. The zero-order valence-electron chi connectivity index (χ0n) is 14.3. The standard InChI is InChI=1S/C17H21N3O4S2/c1-2-3-9-20-14-10-12(17(21)25-18)11-15(26(19,22)23)16(14)24-13-7-5-4-6-8-13/h4-8,10-11,20H,2-3,9,18H2,1H3,(H2,19,22,23). The van der Waals surface area contributed by atoms with Crippen LogP contribution in [0.5, 0.6) is 11.5 Å². The molecule has 0 aromatic heterocycles. The summed E-state index contributed by atoms with van der Waals surface area (Å²) in [5.74, 6) is 0.497. The molecule has 0 saturated heterocycles. The number of para-hydroxylation sites is 1. The first-order chi connectivity index (χ1) is 12.4. The lowest BCUT2D eigenvalue weighted by Gasteiger charge is -2.17. The molecule has 2 rings (SSSR count). The minimum Gasteiger partial charge on any atom is -0.454 e. The summed E-state index contributed by atoms with van der Waals surface area (Å²) < 4.78 is 30.0. The number of nitrogens with one attached hydrogen (secondary N) is 1. The van der Waals surface area contributed by atoms with E-state index in [2.05, 4.69) is 5.32 Å². The number of anilines is 1. The van der Waals surface area contributed by atoms with Gasteiger partial charge in [0.05, 0.1) is 5.69 Å². The van der Waals surface area contributed by atoms with Gasteiger partial charge in [0.1, 0.15) is 10.6 Å². The Labute approximate surface area is 157 Å². The van der Waals surface area contributed by atoms with Gasteiger partial charge in [-0.2, -0.15) is 0 Å². The van der Waals surface area contributed by atoms with Crippen molar-refractivity contribution < 1.29 is 17.9 Å². The maximum absolute atomic E-state index is 12.1. The zero-order valence-corrected chi connectivity index (χ0v) is 15.9. The lowest BCUT2D eigenvalue weighted by molar-refractivity contribution is 0.108. The van der Waals surface area contributed by atoms with Gasteiger partial charge < -0.3 is 10.1 Å². The zero-order chi connectivity index (χ0) is 19.2. The molecule has 0 unspecified atom stereocenters. The number of carbonyl (C=O) groups is 1. The molecule has 26 heavy (non-hydrogen) atoms. The summed E-state index contributed by atoms with van der Waals surface area (Å²) in [5.41, 5.74) is 0.493. The summed E-state index contributed by atoms with van der Waals surface area (Å²) in [6.45, 7) is 2.61. The Morgan fingerprint density at radius 3 is 2.50 bits per heavy atom. The number of hydrogen-bond donors (Lipinski definition) is 3. The number of unbranched alkanes of at least 4 members (excludes halogenated alkanes) is 1. The fourth-order valence-corrected chi connectivity index (χ4v) is 3.20. The highest BCUT2D eigenvalue weighted by Crippen LogP contribution is 2.37. The highest BCUT2D eigenvalue weighted by Gasteiger charge is 2.23. The van der Waals surface area contributed by atoms with E-state index in [-0.39, 0.29) is 16.2 Å². The summed E-state index contributed by atoms with van der Waals surface area (Å²) in [4.78, 5) is 11.7. The minimum absolute atomic E-state index is 0.0494. The van der Waals surface area contributed by atoms with Crippen LogP contribution in [0.25, 0.3) is 0 Å². The Balaban J connectivity index is 2.60. The Kier molecular flexibility index (Phi) is 7.04. The molecule has 0 fully saturated rings. The molecule has 0 radical (unpaired) electrons. The first-order valence-corrected chi connectivity index (χ1v) is 10.4. The maximum atomic E-state index is 12.1. The van der Waals surface area contributed by atoms with Gasteiger partial charge in [0.15, 0.2) is 5.75 Å². The van der Waals surface area contributed by atoms with Gasteiger partial charge in [-0.25, -0.2) is 13.6 Å². The molecule has 5 N–H and O–H groups in total. The third kappa shape index (κ3) is 5.21. The normalized spacial score (nSPS) is 11.2.